The minimum absolute atomic E-state index is 0.0216. The fourth-order valence-electron chi connectivity index (χ4n) is 2.14. The van der Waals surface area contributed by atoms with Gasteiger partial charge < -0.3 is 9.47 Å². The highest BCUT2D eigenvalue weighted by atomic mass is 16.6. The van der Waals surface area contributed by atoms with Crippen LogP contribution in [0.2, 0.25) is 0 Å². The maximum absolute atomic E-state index is 11.9. The number of carbonyl (C=O) groups excluding carboxylic acids is 1. The number of aliphatic imine (C=N–C) groups is 1. The lowest BCUT2D eigenvalue weighted by atomic mass is 10.2. The van der Waals surface area contributed by atoms with Crippen molar-refractivity contribution in [3.63, 3.8) is 0 Å². The summed E-state index contributed by atoms with van der Waals surface area (Å²) in [4.78, 5) is 26.3. The Hall–Kier alpha value is -3.48. The van der Waals surface area contributed by atoms with E-state index < -0.39 is 10.9 Å². The van der Waals surface area contributed by atoms with Gasteiger partial charge in [0.15, 0.2) is 5.70 Å². The molecule has 1 heterocycles. The number of benzene rings is 2. The normalized spacial score (nSPS) is 15.1. The number of rotatable bonds is 4. The number of esters is 1. The molecule has 0 amide bonds. The Morgan fingerprint density at radius 1 is 1.21 bits per heavy atom. The first-order valence-electron chi connectivity index (χ1n) is 6.98. The Kier molecular flexibility index (Phi) is 4.07. The molecule has 7 heteroatoms. The second-order valence-electron chi connectivity index (χ2n) is 4.92. The van der Waals surface area contributed by atoms with Crippen LogP contribution in [0.1, 0.15) is 11.1 Å². The van der Waals surface area contributed by atoms with Gasteiger partial charge in [-0.15, -0.1) is 0 Å². The number of carbonyl (C=O) groups is 1. The fraction of sp³-hybridized carbons (Fsp3) is 0.0588. The molecule has 0 aromatic heterocycles. The number of ether oxygens (including phenoxy) is 2. The quantitative estimate of drug-likeness (QED) is 0.373. The molecular weight excluding hydrogens is 312 g/mol. The lowest BCUT2D eigenvalue weighted by Gasteiger charge is -2.02. The second kappa shape index (κ2) is 6.33. The zero-order valence-corrected chi connectivity index (χ0v) is 12.6. The average molecular weight is 324 g/mol. The van der Waals surface area contributed by atoms with E-state index in [1.807, 2.05) is 0 Å². The van der Waals surface area contributed by atoms with E-state index >= 15 is 0 Å². The molecular formula is C17H12N2O5. The third-order valence-electron chi connectivity index (χ3n) is 3.34. The lowest BCUT2D eigenvalue weighted by Crippen LogP contribution is -2.05. The van der Waals surface area contributed by atoms with Crippen molar-refractivity contribution >= 4 is 23.6 Å². The van der Waals surface area contributed by atoms with Gasteiger partial charge in [0, 0.05) is 17.7 Å². The van der Waals surface area contributed by atoms with Gasteiger partial charge in [0.25, 0.3) is 5.69 Å². The van der Waals surface area contributed by atoms with Crippen LogP contribution in [0.15, 0.2) is 59.2 Å². The highest BCUT2D eigenvalue weighted by Gasteiger charge is 2.24. The molecule has 2 aromatic carbocycles. The van der Waals surface area contributed by atoms with Crippen molar-refractivity contribution in [1.29, 1.82) is 0 Å². The van der Waals surface area contributed by atoms with Crippen LogP contribution >= 0.6 is 0 Å². The largest absolute Gasteiger partial charge is 0.497 e. The standard InChI is InChI=1S/C17H12N2O5/c1-23-14-4-2-3-12(10-14)16-18-15(17(20)24-16)9-11-5-7-13(8-6-11)19(21)22/h2-10H,1H3. The fourth-order valence-corrected chi connectivity index (χ4v) is 2.14. The van der Waals surface area contributed by atoms with Gasteiger partial charge >= 0.3 is 5.97 Å². The van der Waals surface area contributed by atoms with Crippen molar-refractivity contribution in [3.05, 3.63) is 75.5 Å². The molecule has 0 saturated heterocycles. The van der Waals surface area contributed by atoms with Crippen LogP contribution in [0.3, 0.4) is 0 Å². The summed E-state index contributed by atoms with van der Waals surface area (Å²) in [6, 6.07) is 12.8. The summed E-state index contributed by atoms with van der Waals surface area (Å²) in [6.07, 6.45) is 1.51. The number of non-ortho nitro benzene ring substituents is 1. The molecule has 120 valence electrons. The highest BCUT2D eigenvalue weighted by Crippen LogP contribution is 2.22. The molecule has 0 aliphatic carbocycles. The average Bonchev–Trinajstić information content (AvgIpc) is 2.96. The van der Waals surface area contributed by atoms with E-state index in [1.54, 1.807) is 31.4 Å². The smallest absolute Gasteiger partial charge is 0.363 e. The van der Waals surface area contributed by atoms with Crippen LogP contribution in [0, 0.1) is 10.1 Å². The van der Waals surface area contributed by atoms with Gasteiger partial charge in [-0.25, -0.2) is 9.79 Å². The second-order valence-corrected chi connectivity index (χ2v) is 4.92. The van der Waals surface area contributed by atoms with Gasteiger partial charge in [-0.1, -0.05) is 6.07 Å². The first-order chi connectivity index (χ1) is 11.6. The molecule has 2 aromatic rings. The number of nitro groups is 1. The van der Waals surface area contributed by atoms with E-state index in [1.165, 1.54) is 30.3 Å². The molecule has 7 nitrogen and oxygen atoms in total. The zero-order valence-electron chi connectivity index (χ0n) is 12.6. The molecule has 24 heavy (non-hydrogen) atoms. The van der Waals surface area contributed by atoms with E-state index in [0.29, 0.717) is 16.9 Å². The first kappa shape index (κ1) is 15.4. The summed E-state index contributed by atoms with van der Waals surface area (Å²) in [5.41, 5.74) is 1.34. The predicted octanol–water partition coefficient (Wildman–Crippen LogP) is 2.95. The summed E-state index contributed by atoms with van der Waals surface area (Å²) in [5, 5.41) is 10.6. The van der Waals surface area contributed by atoms with Crippen molar-refractivity contribution in [2.75, 3.05) is 7.11 Å². The van der Waals surface area contributed by atoms with Crippen molar-refractivity contribution in [2.45, 2.75) is 0 Å². The molecule has 1 aliphatic heterocycles. The Balaban J connectivity index is 1.89. The van der Waals surface area contributed by atoms with E-state index in [0.717, 1.165) is 0 Å². The molecule has 1 aliphatic rings. The van der Waals surface area contributed by atoms with Crippen LogP contribution in [0.25, 0.3) is 6.08 Å². The van der Waals surface area contributed by atoms with E-state index in [4.69, 9.17) is 9.47 Å². The number of hydrogen-bond acceptors (Lipinski definition) is 6. The Bertz CT molecular complexity index is 869. The Morgan fingerprint density at radius 3 is 2.62 bits per heavy atom. The molecule has 3 rings (SSSR count). The van der Waals surface area contributed by atoms with Gasteiger partial charge in [0.1, 0.15) is 5.75 Å². The Morgan fingerprint density at radius 2 is 1.96 bits per heavy atom. The van der Waals surface area contributed by atoms with Gasteiger partial charge in [-0.3, -0.25) is 10.1 Å². The first-order valence-corrected chi connectivity index (χ1v) is 6.98. The van der Waals surface area contributed by atoms with E-state index in [2.05, 4.69) is 4.99 Å². The maximum atomic E-state index is 11.9. The number of hydrogen-bond donors (Lipinski definition) is 0. The SMILES string of the molecule is COc1cccc(C2=NC(=Cc3ccc([N+](=O)[O-])cc3)C(=O)O2)c1. The van der Waals surface area contributed by atoms with Crippen LogP contribution in [-0.2, 0) is 9.53 Å². The van der Waals surface area contributed by atoms with Crippen LogP contribution < -0.4 is 4.74 Å². The predicted molar refractivity (Wildman–Crippen MR) is 86.7 cm³/mol. The number of methoxy groups -OCH3 is 1. The number of nitrogens with zero attached hydrogens (tertiary/aromatic N) is 2. The van der Waals surface area contributed by atoms with Crippen molar-refractivity contribution in [1.82, 2.24) is 0 Å². The maximum Gasteiger partial charge on any atom is 0.363 e. The molecule has 0 spiro atoms. The van der Waals surface area contributed by atoms with Gasteiger partial charge in [0.05, 0.1) is 12.0 Å². The summed E-state index contributed by atoms with van der Waals surface area (Å²) >= 11 is 0. The van der Waals surface area contributed by atoms with E-state index in [9.17, 15) is 14.9 Å². The zero-order chi connectivity index (χ0) is 17.1. The minimum atomic E-state index is -0.578. The van der Waals surface area contributed by atoms with Gasteiger partial charge in [0.2, 0.25) is 5.90 Å². The molecule has 0 saturated carbocycles. The van der Waals surface area contributed by atoms with Gasteiger partial charge in [-0.05, 0) is 42.0 Å². The minimum Gasteiger partial charge on any atom is -0.497 e. The summed E-state index contributed by atoms with van der Waals surface area (Å²) in [6.45, 7) is 0. The molecule has 0 bridgehead atoms. The topological polar surface area (TPSA) is 91.0 Å². The third kappa shape index (κ3) is 3.14. The van der Waals surface area contributed by atoms with Crippen LogP contribution in [-0.4, -0.2) is 23.9 Å². The number of cyclic esters (lactones) is 1. The van der Waals surface area contributed by atoms with E-state index in [-0.39, 0.29) is 17.3 Å². The van der Waals surface area contributed by atoms with Crippen LogP contribution in [0.5, 0.6) is 5.75 Å². The molecule has 0 fully saturated rings. The monoisotopic (exact) mass is 324 g/mol. The summed E-state index contributed by atoms with van der Waals surface area (Å²) in [5.74, 6) is 0.234. The highest BCUT2D eigenvalue weighted by molar-refractivity contribution is 6.12. The van der Waals surface area contributed by atoms with Gasteiger partial charge in [-0.2, -0.15) is 0 Å². The number of nitro benzene ring substituents is 1. The summed E-state index contributed by atoms with van der Waals surface area (Å²) in [7, 11) is 1.54. The molecule has 0 N–H and O–H groups in total. The van der Waals surface area contributed by atoms with Crippen LogP contribution in [0.4, 0.5) is 5.69 Å². The molecule has 0 unspecified atom stereocenters. The van der Waals surface area contributed by atoms with Crippen molar-refractivity contribution < 1.29 is 19.2 Å². The lowest BCUT2D eigenvalue weighted by molar-refractivity contribution is -0.384. The Labute approximate surface area is 137 Å². The van der Waals surface area contributed by atoms with Crippen molar-refractivity contribution in [2.24, 2.45) is 4.99 Å². The summed E-state index contributed by atoms with van der Waals surface area (Å²) < 4.78 is 10.3. The third-order valence-corrected chi connectivity index (χ3v) is 3.34. The molecule has 0 radical (unpaired) electrons. The molecule has 0 atom stereocenters. The van der Waals surface area contributed by atoms with Crippen molar-refractivity contribution in [3.8, 4) is 5.75 Å².